The number of sulfonamides is 1. The Balaban J connectivity index is 2.28. The van der Waals surface area contributed by atoms with E-state index in [9.17, 15) is 8.42 Å². The first-order valence-electron chi connectivity index (χ1n) is 6.38. The minimum absolute atomic E-state index is 0.0414. The van der Waals surface area contributed by atoms with E-state index in [1.54, 1.807) is 0 Å². The minimum Gasteiger partial charge on any atom is -0.399 e. The molecule has 0 amide bonds. The molecule has 1 aromatic rings. The Labute approximate surface area is 129 Å². The quantitative estimate of drug-likeness (QED) is 0.830. The molecule has 4 nitrogen and oxygen atoms in total. The summed E-state index contributed by atoms with van der Waals surface area (Å²) in [6, 6.07) is 2.70. The third-order valence-electron chi connectivity index (χ3n) is 3.58. The van der Waals surface area contributed by atoms with E-state index in [1.165, 1.54) is 12.1 Å². The molecular formula is C13H18Cl2N2O2S. The maximum Gasteiger partial charge on any atom is 0.243 e. The summed E-state index contributed by atoms with van der Waals surface area (Å²) in [5.74, 6) is 0. The lowest BCUT2D eigenvalue weighted by Crippen LogP contribution is -2.33. The van der Waals surface area contributed by atoms with Gasteiger partial charge in [-0.1, -0.05) is 37.0 Å². The van der Waals surface area contributed by atoms with Crippen molar-refractivity contribution in [3.63, 3.8) is 0 Å². The van der Waals surface area contributed by atoms with Crippen molar-refractivity contribution in [2.24, 2.45) is 5.41 Å². The number of nitrogen functional groups attached to an aromatic ring is 1. The highest BCUT2D eigenvalue weighted by Gasteiger charge is 2.34. The van der Waals surface area contributed by atoms with Gasteiger partial charge in [-0.15, -0.1) is 0 Å². The Kier molecular flexibility index (Phi) is 4.27. The van der Waals surface area contributed by atoms with Gasteiger partial charge in [-0.05, 0) is 36.8 Å². The second kappa shape index (κ2) is 5.37. The zero-order chi connectivity index (χ0) is 15.1. The van der Waals surface area contributed by atoms with Crippen LogP contribution in [0.4, 0.5) is 5.69 Å². The molecule has 0 heterocycles. The molecule has 20 heavy (non-hydrogen) atoms. The van der Waals surface area contributed by atoms with Gasteiger partial charge >= 0.3 is 0 Å². The molecule has 1 atom stereocenters. The standard InChI is InChI=1S/C13H18Cl2N2O2S/c1-13(2)4-3-9(7-13)17-20(18,19)12-10(14)5-8(16)6-11(12)15/h5-6,9,17H,3-4,7,16H2,1-2H3. The van der Waals surface area contributed by atoms with Gasteiger partial charge in [0.25, 0.3) is 0 Å². The molecular weight excluding hydrogens is 319 g/mol. The third-order valence-corrected chi connectivity index (χ3v) is 6.02. The van der Waals surface area contributed by atoms with Crippen molar-refractivity contribution in [2.45, 2.75) is 44.0 Å². The molecule has 1 aliphatic rings. The first-order chi connectivity index (χ1) is 9.11. The van der Waals surface area contributed by atoms with Crippen molar-refractivity contribution in [1.29, 1.82) is 0 Å². The molecule has 0 saturated heterocycles. The second-order valence-corrected chi connectivity index (χ2v) is 8.50. The zero-order valence-electron chi connectivity index (χ0n) is 11.4. The summed E-state index contributed by atoms with van der Waals surface area (Å²) >= 11 is 12.0. The van der Waals surface area contributed by atoms with E-state index in [4.69, 9.17) is 28.9 Å². The van der Waals surface area contributed by atoms with Gasteiger partial charge < -0.3 is 5.73 Å². The molecule has 1 saturated carbocycles. The van der Waals surface area contributed by atoms with Crippen LogP contribution in [0.1, 0.15) is 33.1 Å². The lowest BCUT2D eigenvalue weighted by atomic mass is 9.92. The molecule has 1 fully saturated rings. The van der Waals surface area contributed by atoms with Crippen molar-refractivity contribution in [3.8, 4) is 0 Å². The highest BCUT2D eigenvalue weighted by molar-refractivity contribution is 7.89. The number of halogens is 2. The maximum absolute atomic E-state index is 12.4. The van der Waals surface area contributed by atoms with Crippen LogP contribution in [-0.4, -0.2) is 14.5 Å². The van der Waals surface area contributed by atoms with Gasteiger partial charge in [0.2, 0.25) is 10.0 Å². The molecule has 7 heteroatoms. The molecule has 0 bridgehead atoms. The number of nitrogens with one attached hydrogen (secondary N) is 1. The lowest BCUT2D eigenvalue weighted by Gasteiger charge is -2.18. The summed E-state index contributed by atoms with van der Waals surface area (Å²) in [5.41, 5.74) is 6.08. The molecule has 1 aliphatic carbocycles. The minimum atomic E-state index is -3.74. The van der Waals surface area contributed by atoms with Crippen LogP contribution in [-0.2, 0) is 10.0 Å². The van der Waals surface area contributed by atoms with Crippen molar-refractivity contribution >= 4 is 38.9 Å². The van der Waals surface area contributed by atoms with Crippen LogP contribution in [0.25, 0.3) is 0 Å². The first-order valence-corrected chi connectivity index (χ1v) is 8.61. The molecule has 0 radical (unpaired) electrons. The van der Waals surface area contributed by atoms with Crippen LogP contribution < -0.4 is 10.5 Å². The Morgan fingerprint density at radius 2 is 1.85 bits per heavy atom. The van der Waals surface area contributed by atoms with E-state index >= 15 is 0 Å². The summed E-state index contributed by atoms with van der Waals surface area (Å²) in [5, 5.41) is 0.0829. The average molecular weight is 337 g/mol. The van der Waals surface area contributed by atoms with Crippen molar-refractivity contribution in [3.05, 3.63) is 22.2 Å². The van der Waals surface area contributed by atoms with Crippen molar-refractivity contribution in [2.75, 3.05) is 5.73 Å². The van der Waals surface area contributed by atoms with E-state index < -0.39 is 10.0 Å². The van der Waals surface area contributed by atoms with Gasteiger partial charge in [-0.25, -0.2) is 13.1 Å². The van der Waals surface area contributed by atoms with Crippen molar-refractivity contribution in [1.82, 2.24) is 4.72 Å². The monoisotopic (exact) mass is 336 g/mol. The van der Waals surface area contributed by atoms with E-state index in [0.717, 1.165) is 19.3 Å². The number of hydrogen-bond donors (Lipinski definition) is 2. The first kappa shape index (κ1) is 15.9. The van der Waals surface area contributed by atoms with Crippen LogP contribution in [0.2, 0.25) is 10.0 Å². The van der Waals surface area contributed by atoms with Gasteiger partial charge in [0.15, 0.2) is 0 Å². The molecule has 1 unspecified atom stereocenters. The number of hydrogen-bond acceptors (Lipinski definition) is 3. The Bertz CT molecular complexity index is 606. The van der Waals surface area contributed by atoms with E-state index in [-0.39, 0.29) is 26.4 Å². The fraction of sp³-hybridized carbons (Fsp3) is 0.538. The summed E-state index contributed by atoms with van der Waals surface area (Å²) in [4.78, 5) is -0.0975. The van der Waals surface area contributed by atoms with E-state index in [2.05, 4.69) is 18.6 Å². The Morgan fingerprint density at radius 1 is 1.30 bits per heavy atom. The van der Waals surface area contributed by atoms with Gasteiger partial charge in [0.1, 0.15) is 4.90 Å². The van der Waals surface area contributed by atoms with Gasteiger partial charge in [-0.3, -0.25) is 0 Å². The normalized spacial score (nSPS) is 22.1. The van der Waals surface area contributed by atoms with E-state index in [0.29, 0.717) is 5.69 Å². The lowest BCUT2D eigenvalue weighted by molar-refractivity contribution is 0.372. The third kappa shape index (κ3) is 3.39. The summed E-state index contributed by atoms with van der Waals surface area (Å²) in [6.07, 6.45) is 2.61. The molecule has 2 rings (SSSR count). The SMILES string of the molecule is CC1(C)CCC(NS(=O)(=O)c2c(Cl)cc(N)cc2Cl)C1. The number of rotatable bonds is 3. The predicted octanol–water partition coefficient (Wildman–Crippen LogP) is 3.43. The fourth-order valence-corrected chi connectivity index (χ4v) is 5.15. The van der Waals surface area contributed by atoms with Crippen LogP contribution in [0.3, 0.4) is 0 Å². The smallest absolute Gasteiger partial charge is 0.243 e. The predicted molar refractivity (Wildman–Crippen MR) is 82.6 cm³/mol. The largest absolute Gasteiger partial charge is 0.399 e. The van der Waals surface area contributed by atoms with Gasteiger partial charge in [0, 0.05) is 11.7 Å². The van der Waals surface area contributed by atoms with Crippen molar-refractivity contribution < 1.29 is 8.42 Å². The summed E-state index contributed by atoms with van der Waals surface area (Å²) < 4.78 is 27.6. The molecule has 0 spiro atoms. The van der Waals surface area contributed by atoms with Gasteiger partial charge in [0.05, 0.1) is 10.0 Å². The summed E-state index contributed by atoms with van der Waals surface area (Å²) in [6.45, 7) is 4.26. The summed E-state index contributed by atoms with van der Waals surface area (Å²) in [7, 11) is -3.74. The van der Waals surface area contributed by atoms with Crippen LogP contribution >= 0.6 is 23.2 Å². The number of nitrogens with two attached hydrogens (primary N) is 1. The van der Waals surface area contributed by atoms with Crippen LogP contribution in [0.15, 0.2) is 17.0 Å². The highest BCUT2D eigenvalue weighted by atomic mass is 35.5. The van der Waals surface area contributed by atoms with Crippen LogP contribution in [0.5, 0.6) is 0 Å². The zero-order valence-corrected chi connectivity index (χ0v) is 13.7. The topological polar surface area (TPSA) is 72.2 Å². The Morgan fingerprint density at radius 3 is 2.30 bits per heavy atom. The molecule has 3 N–H and O–H groups in total. The fourth-order valence-electron chi connectivity index (χ4n) is 2.65. The Hall–Kier alpha value is -0.490. The van der Waals surface area contributed by atoms with Crippen LogP contribution in [0, 0.1) is 5.41 Å². The molecule has 112 valence electrons. The van der Waals surface area contributed by atoms with Gasteiger partial charge in [-0.2, -0.15) is 0 Å². The van der Waals surface area contributed by atoms with E-state index in [1.807, 2.05) is 0 Å². The second-order valence-electron chi connectivity index (χ2n) is 6.04. The maximum atomic E-state index is 12.4. The molecule has 0 aliphatic heterocycles. The highest BCUT2D eigenvalue weighted by Crippen LogP contribution is 2.38. The number of anilines is 1. The molecule has 1 aromatic carbocycles. The number of benzene rings is 1. The molecule has 0 aromatic heterocycles. The average Bonchev–Trinajstić information content (AvgIpc) is 2.54.